The van der Waals surface area contributed by atoms with Crippen molar-refractivity contribution in [3.8, 4) is 16.2 Å². The Labute approximate surface area is 248 Å². The summed E-state index contributed by atoms with van der Waals surface area (Å²) in [6.45, 7) is 1.37. The second kappa shape index (κ2) is 12.9. The Morgan fingerprint density at radius 2 is 1.90 bits per heavy atom. The minimum atomic E-state index is -3.87. The van der Waals surface area contributed by atoms with Crippen LogP contribution in [0.2, 0.25) is 10.0 Å². The van der Waals surface area contributed by atoms with Crippen molar-refractivity contribution in [2.24, 2.45) is 0 Å². The van der Waals surface area contributed by atoms with Crippen molar-refractivity contribution in [1.29, 1.82) is 0 Å². The second-order valence-electron chi connectivity index (χ2n) is 8.61. The van der Waals surface area contributed by atoms with Gasteiger partial charge in [0.25, 0.3) is 0 Å². The third-order valence-corrected chi connectivity index (χ3v) is 10.4. The average molecular weight is 674 g/mol. The molecule has 0 amide bonds. The van der Waals surface area contributed by atoms with Crippen molar-refractivity contribution in [2.75, 3.05) is 24.5 Å². The van der Waals surface area contributed by atoms with Gasteiger partial charge >= 0.3 is 5.97 Å². The highest BCUT2D eigenvalue weighted by Gasteiger charge is 2.32. The highest BCUT2D eigenvalue weighted by Crippen LogP contribution is 2.47. The van der Waals surface area contributed by atoms with E-state index in [9.17, 15) is 18.0 Å². The molecule has 0 atom stereocenters. The lowest BCUT2D eigenvalue weighted by atomic mass is 10.1. The van der Waals surface area contributed by atoms with Gasteiger partial charge in [0.1, 0.15) is 0 Å². The maximum Gasteiger partial charge on any atom is 0.351 e. The fourth-order valence-electron chi connectivity index (χ4n) is 4.40. The number of rotatable bonds is 9. The molecular weight excluding hydrogens is 651 g/mol. The third-order valence-electron chi connectivity index (χ3n) is 5.98. The van der Waals surface area contributed by atoms with Crippen molar-refractivity contribution in [2.45, 2.75) is 24.6 Å². The zero-order valence-electron chi connectivity index (χ0n) is 20.6. The number of benzene rings is 2. The molecule has 3 aromatic rings. The topological polar surface area (TPSA) is 102 Å². The molecule has 206 valence electrons. The Morgan fingerprint density at radius 1 is 1.21 bits per heavy atom. The van der Waals surface area contributed by atoms with Crippen LogP contribution in [-0.2, 0) is 25.3 Å². The van der Waals surface area contributed by atoms with Gasteiger partial charge in [-0.05, 0) is 83.3 Å². The Morgan fingerprint density at radius 3 is 2.54 bits per heavy atom. The number of methoxy groups -OCH3 is 1. The summed E-state index contributed by atoms with van der Waals surface area (Å²) in [5, 5.41) is 3.99. The van der Waals surface area contributed by atoms with Crippen molar-refractivity contribution >= 4 is 78.1 Å². The highest BCUT2D eigenvalue weighted by molar-refractivity contribution is 9.10. The number of carbonyl (C=O) groups excluding carboxylic acids is 2. The first kappa shape index (κ1) is 29.6. The number of esters is 1. The summed E-state index contributed by atoms with van der Waals surface area (Å²) in [6.07, 6.45) is 2.06. The van der Waals surface area contributed by atoms with Crippen LogP contribution in [0.5, 0.6) is 5.75 Å². The van der Waals surface area contributed by atoms with Crippen LogP contribution in [0.1, 0.15) is 28.1 Å². The summed E-state index contributed by atoms with van der Waals surface area (Å²) < 4.78 is 40.0. The smallest absolute Gasteiger partial charge is 0.351 e. The van der Waals surface area contributed by atoms with Crippen molar-refractivity contribution in [3.63, 3.8) is 0 Å². The Balaban J connectivity index is 1.79. The molecule has 0 bridgehead atoms. The number of sulfonamides is 1. The van der Waals surface area contributed by atoms with Gasteiger partial charge < -0.3 is 14.8 Å². The number of anilines is 1. The molecule has 1 aliphatic heterocycles. The molecule has 2 aromatic carbocycles. The monoisotopic (exact) mass is 672 g/mol. The number of thiophene rings is 1. The van der Waals surface area contributed by atoms with Crippen molar-refractivity contribution in [3.05, 3.63) is 73.7 Å². The minimum absolute atomic E-state index is 0.108. The molecule has 13 heteroatoms. The van der Waals surface area contributed by atoms with E-state index >= 15 is 0 Å². The fraction of sp³-hybridized carbons (Fsp3) is 0.269. The van der Waals surface area contributed by atoms with Gasteiger partial charge in [-0.2, -0.15) is 0 Å². The normalized spacial score (nSPS) is 13.9. The van der Waals surface area contributed by atoms with Gasteiger partial charge in [-0.1, -0.05) is 35.3 Å². The zero-order chi connectivity index (χ0) is 28.2. The fourth-order valence-corrected chi connectivity index (χ4v) is 8.73. The van der Waals surface area contributed by atoms with E-state index in [0.717, 1.165) is 17.6 Å². The van der Waals surface area contributed by atoms with Gasteiger partial charge in [0.05, 0.1) is 27.9 Å². The highest BCUT2D eigenvalue weighted by atomic mass is 79.9. The lowest BCUT2D eigenvalue weighted by Gasteiger charge is -2.35. The lowest BCUT2D eigenvalue weighted by Crippen LogP contribution is -2.46. The van der Waals surface area contributed by atoms with E-state index in [1.54, 1.807) is 42.5 Å². The minimum Gasteiger partial charge on any atom is -0.465 e. The van der Waals surface area contributed by atoms with Crippen LogP contribution in [0.15, 0.2) is 53.2 Å². The molecule has 0 aliphatic carbocycles. The van der Waals surface area contributed by atoms with Crippen LogP contribution in [-0.4, -0.2) is 46.6 Å². The van der Waals surface area contributed by atoms with E-state index in [1.165, 1.54) is 17.4 Å². The first-order valence-corrected chi connectivity index (χ1v) is 15.7. The largest absolute Gasteiger partial charge is 0.465 e. The first-order valence-electron chi connectivity index (χ1n) is 11.7. The van der Waals surface area contributed by atoms with E-state index in [2.05, 4.69) is 21.2 Å². The van der Waals surface area contributed by atoms with Gasteiger partial charge in [-0.25, -0.2) is 18.0 Å². The van der Waals surface area contributed by atoms with E-state index in [0.29, 0.717) is 62.1 Å². The quantitative estimate of drug-likeness (QED) is 0.167. The first-order chi connectivity index (χ1) is 18.6. The molecule has 1 N–H and O–H groups in total. The van der Waals surface area contributed by atoms with Gasteiger partial charge in [0.2, 0.25) is 10.0 Å². The second-order valence-corrected chi connectivity index (χ2v) is 13.1. The molecule has 0 saturated carbocycles. The summed E-state index contributed by atoms with van der Waals surface area (Å²) in [5.41, 5.74) is 1.60. The lowest BCUT2D eigenvalue weighted by molar-refractivity contribution is 0.0603. The standard InChI is InChI=1S/C26H23BrCl2N2O6S2/c1-36-26(33)25-23(37-10-9-32)22(27)24(38-25)17-3-2-4-21(13-17)31(20-5-7-30-8-6-20)39(34,35)15-16-11-18(28)14-19(29)12-16/h2-4,10-14,20,30H,5-8,15H2,1H3. The predicted octanol–water partition coefficient (Wildman–Crippen LogP) is 6.08. The van der Waals surface area contributed by atoms with Crippen LogP contribution < -0.4 is 14.4 Å². The number of piperidine rings is 1. The van der Waals surface area contributed by atoms with Crippen LogP contribution in [0.3, 0.4) is 0 Å². The van der Waals surface area contributed by atoms with Crippen LogP contribution >= 0.6 is 50.5 Å². The van der Waals surface area contributed by atoms with E-state index in [-0.39, 0.29) is 22.4 Å². The molecule has 8 nitrogen and oxygen atoms in total. The van der Waals surface area contributed by atoms with Gasteiger partial charge in [0, 0.05) is 16.1 Å². The van der Waals surface area contributed by atoms with Gasteiger partial charge in [0.15, 0.2) is 22.8 Å². The summed E-state index contributed by atoms with van der Waals surface area (Å²) in [6, 6.07) is 11.5. The third kappa shape index (κ3) is 6.86. The molecule has 0 unspecified atom stereocenters. The zero-order valence-corrected chi connectivity index (χ0v) is 25.3. The molecule has 39 heavy (non-hydrogen) atoms. The molecular formula is C26H23BrCl2N2O6S2. The molecule has 1 fully saturated rings. The number of hydrogen-bond donors (Lipinski definition) is 1. The van der Waals surface area contributed by atoms with E-state index < -0.39 is 16.0 Å². The molecule has 1 aliphatic rings. The maximum atomic E-state index is 13.9. The summed E-state index contributed by atoms with van der Waals surface area (Å²) in [4.78, 5) is 23.9. The Kier molecular flexibility index (Phi) is 9.77. The number of hydrogen-bond acceptors (Lipinski definition) is 8. The van der Waals surface area contributed by atoms with Crippen LogP contribution in [0.25, 0.3) is 10.4 Å². The van der Waals surface area contributed by atoms with Gasteiger partial charge in [-0.15, -0.1) is 11.3 Å². The summed E-state index contributed by atoms with van der Waals surface area (Å²) in [5.74, 6) is 0.700. The van der Waals surface area contributed by atoms with E-state index in [1.807, 2.05) is 0 Å². The number of nitrogens with one attached hydrogen (secondary N) is 1. The number of carbonyl (C=O) groups is 1. The number of nitrogens with zero attached hydrogens (tertiary/aromatic N) is 1. The molecule has 2 heterocycles. The maximum absolute atomic E-state index is 13.9. The SMILES string of the molecule is COC(=O)c1sc(-c2cccc(N(C3CCNCC3)S(=O)(=O)Cc3cc(Cl)cc(Cl)c3)c2)c(Br)c1OC=C=O. The number of halogens is 3. The predicted molar refractivity (Wildman–Crippen MR) is 157 cm³/mol. The van der Waals surface area contributed by atoms with Crippen LogP contribution in [0, 0.1) is 0 Å². The van der Waals surface area contributed by atoms with Gasteiger partial charge in [-0.3, -0.25) is 4.31 Å². The molecule has 1 saturated heterocycles. The Bertz CT molecular complexity index is 1510. The average Bonchev–Trinajstić information content (AvgIpc) is 3.22. The molecule has 4 rings (SSSR count). The Hall–Kier alpha value is -2.37. The molecule has 1 aromatic heterocycles. The van der Waals surface area contributed by atoms with Crippen molar-refractivity contribution < 1.29 is 27.5 Å². The van der Waals surface area contributed by atoms with E-state index in [4.69, 9.17) is 32.7 Å². The molecule has 0 spiro atoms. The van der Waals surface area contributed by atoms with Crippen molar-refractivity contribution in [1.82, 2.24) is 5.32 Å². The van der Waals surface area contributed by atoms with Crippen LogP contribution in [0.4, 0.5) is 5.69 Å². The summed E-state index contributed by atoms with van der Waals surface area (Å²) in [7, 11) is -2.63. The summed E-state index contributed by atoms with van der Waals surface area (Å²) >= 11 is 16.8. The molecule has 0 radical (unpaired) electrons. The number of ether oxygens (including phenoxy) is 2.